The summed E-state index contributed by atoms with van der Waals surface area (Å²) >= 11 is 0. The van der Waals surface area contributed by atoms with Gasteiger partial charge in [0.1, 0.15) is 11.5 Å². The van der Waals surface area contributed by atoms with Crippen LogP contribution in [0.3, 0.4) is 0 Å². The smallest absolute Gasteiger partial charge is 0.237 e. The van der Waals surface area contributed by atoms with Crippen molar-refractivity contribution < 1.29 is 14.3 Å². The Hall–Kier alpha value is -1.74. The predicted molar refractivity (Wildman–Crippen MR) is 106 cm³/mol. The highest BCUT2D eigenvalue weighted by Crippen LogP contribution is 2.29. The normalized spacial score (nSPS) is 21.6. The minimum atomic E-state index is -0.536. The van der Waals surface area contributed by atoms with E-state index < -0.39 is 6.29 Å². The van der Waals surface area contributed by atoms with Crippen molar-refractivity contribution in [1.82, 2.24) is 19.7 Å². The summed E-state index contributed by atoms with van der Waals surface area (Å²) in [5.41, 5.74) is 2.98. The number of pyridine rings is 1. The van der Waals surface area contributed by atoms with Crippen molar-refractivity contribution in [2.75, 3.05) is 65.9 Å². The van der Waals surface area contributed by atoms with Gasteiger partial charge in [-0.25, -0.2) is 4.98 Å². The summed E-state index contributed by atoms with van der Waals surface area (Å²) in [6, 6.07) is 2.70. The molecule has 154 valence electrons. The maximum atomic E-state index is 12.8. The van der Waals surface area contributed by atoms with Gasteiger partial charge in [0.2, 0.25) is 12.2 Å². The van der Waals surface area contributed by atoms with Crippen molar-refractivity contribution in [3.8, 4) is 0 Å². The molecule has 0 aromatic carbocycles. The molecule has 1 aromatic rings. The first-order valence-electron chi connectivity index (χ1n) is 10.1. The van der Waals surface area contributed by atoms with Crippen LogP contribution in [-0.4, -0.2) is 92.2 Å². The zero-order valence-electron chi connectivity index (χ0n) is 17.1. The number of hydrogen-bond donors (Lipinski definition) is 1. The van der Waals surface area contributed by atoms with E-state index in [1.807, 2.05) is 4.90 Å². The molecule has 1 N–H and O–H groups in total. The molecule has 0 atom stereocenters. The highest BCUT2D eigenvalue weighted by Gasteiger charge is 2.34. The maximum Gasteiger partial charge on any atom is 0.237 e. The average molecular weight is 390 g/mol. The first-order valence-corrected chi connectivity index (χ1v) is 10.1. The number of nitrogens with zero attached hydrogens (tertiary/aromatic N) is 4. The molecule has 3 aliphatic heterocycles. The van der Waals surface area contributed by atoms with E-state index in [2.05, 4.69) is 28.2 Å². The van der Waals surface area contributed by atoms with Crippen molar-refractivity contribution >= 4 is 11.7 Å². The lowest BCUT2D eigenvalue weighted by Gasteiger charge is -2.46. The van der Waals surface area contributed by atoms with Gasteiger partial charge in [0.05, 0.1) is 6.54 Å². The average Bonchev–Trinajstić information content (AvgIpc) is 2.68. The van der Waals surface area contributed by atoms with Crippen LogP contribution >= 0.6 is 0 Å². The summed E-state index contributed by atoms with van der Waals surface area (Å²) in [5, 5.41) is 3.37. The molecule has 0 bridgehead atoms. The highest BCUT2D eigenvalue weighted by atomic mass is 16.7. The Morgan fingerprint density at radius 3 is 2.75 bits per heavy atom. The van der Waals surface area contributed by atoms with Gasteiger partial charge in [-0.3, -0.25) is 9.69 Å². The Balaban J connectivity index is 1.51. The monoisotopic (exact) mass is 389 g/mol. The van der Waals surface area contributed by atoms with Crippen molar-refractivity contribution in [2.24, 2.45) is 0 Å². The number of fused-ring (bicyclic) bond motifs is 1. The molecule has 4 rings (SSSR count). The first-order chi connectivity index (χ1) is 13.6. The second kappa shape index (κ2) is 8.32. The fourth-order valence-electron chi connectivity index (χ4n) is 4.40. The quantitative estimate of drug-likeness (QED) is 0.718. The Bertz CT molecular complexity index is 718. The molecule has 2 fully saturated rings. The topological polar surface area (TPSA) is 70.2 Å². The summed E-state index contributed by atoms with van der Waals surface area (Å²) < 4.78 is 11.0. The van der Waals surface area contributed by atoms with E-state index in [1.54, 1.807) is 14.2 Å². The van der Waals surface area contributed by atoms with Crippen molar-refractivity contribution in [3.63, 3.8) is 0 Å². The Morgan fingerprint density at radius 1 is 1.29 bits per heavy atom. The molecule has 0 aliphatic carbocycles. The standard InChI is InChI=1S/C20H31N5O3/c1-23-11-16(12-23)24-7-8-25(17(26)13-24)10-15-9-14-5-4-6-21-19(14)22-18(15)20(27-2)28-3/h9,16,20H,4-8,10-13H2,1-3H3,(H,21,22). The number of aryl methyl sites for hydroxylation is 1. The third kappa shape index (κ3) is 3.87. The lowest BCUT2D eigenvalue weighted by molar-refractivity contribution is -0.139. The lowest BCUT2D eigenvalue weighted by Crippen LogP contribution is -2.63. The molecule has 2 saturated heterocycles. The number of anilines is 1. The van der Waals surface area contributed by atoms with E-state index in [4.69, 9.17) is 14.5 Å². The van der Waals surface area contributed by atoms with Gasteiger partial charge in [0.15, 0.2) is 0 Å². The Labute approximate surface area is 166 Å². The third-order valence-electron chi connectivity index (χ3n) is 6.05. The van der Waals surface area contributed by atoms with Crippen LogP contribution in [0, 0.1) is 0 Å². The van der Waals surface area contributed by atoms with Gasteiger partial charge in [-0.15, -0.1) is 0 Å². The van der Waals surface area contributed by atoms with Crippen LogP contribution in [0.5, 0.6) is 0 Å². The number of aromatic nitrogens is 1. The largest absolute Gasteiger partial charge is 0.370 e. The molecular weight excluding hydrogens is 358 g/mol. The molecule has 0 spiro atoms. The number of amides is 1. The van der Waals surface area contributed by atoms with Crippen LogP contribution in [0.1, 0.15) is 29.5 Å². The number of nitrogens with one attached hydrogen (secondary N) is 1. The Kier molecular flexibility index (Phi) is 5.82. The molecule has 8 heteroatoms. The van der Waals surface area contributed by atoms with E-state index in [0.29, 0.717) is 19.1 Å². The molecule has 0 unspecified atom stereocenters. The van der Waals surface area contributed by atoms with Crippen molar-refractivity contribution in [1.29, 1.82) is 0 Å². The van der Waals surface area contributed by atoms with Crippen molar-refractivity contribution in [2.45, 2.75) is 31.7 Å². The summed E-state index contributed by atoms with van der Waals surface area (Å²) in [6.45, 7) is 5.78. The number of ether oxygens (including phenoxy) is 2. The van der Waals surface area contributed by atoms with Crippen LogP contribution < -0.4 is 5.32 Å². The Morgan fingerprint density at radius 2 is 2.07 bits per heavy atom. The summed E-state index contributed by atoms with van der Waals surface area (Å²) in [7, 11) is 5.36. The third-order valence-corrected chi connectivity index (χ3v) is 6.05. The van der Waals surface area contributed by atoms with E-state index in [1.165, 1.54) is 5.56 Å². The van der Waals surface area contributed by atoms with Crippen LogP contribution in [0.15, 0.2) is 6.07 Å². The van der Waals surface area contributed by atoms with Gasteiger partial charge in [-0.2, -0.15) is 0 Å². The molecule has 0 radical (unpaired) electrons. The minimum absolute atomic E-state index is 0.189. The summed E-state index contributed by atoms with van der Waals surface area (Å²) in [4.78, 5) is 24.2. The number of carbonyl (C=O) groups is 1. The van der Waals surface area contributed by atoms with Gasteiger partial charge in [-0.05, 0) is 37.1 Å². The number of methoxy groups -OCH3 is 2. The van der Waals surface area contributed by atoms with Gasteiger partial charge in [0.25, 0.3) is 0 Å². The van der Waals surface area contributed by atoms with Crippen LogP contribution in [0.25, 0.3) is 0 Å². The van der Waals surface area contributed by atoms with Gasteiger partial charge in [-0.1, -0.05) is 0 Å². The van der Waals surface area contributed by atoms with Crippen molar-refractivity contribution in [3.05, 3.63) is 22.9 Å². The van der Waals surface area contributed by atoms with E-state index in [9.17, 15) is 4.79 Å². The number of carbonyl (C=O) groups excluding carboxylic acids is 1. The second-order valence-electron chi connectivity index (χ2n) is 8.03. The van der Waals surface area contributed by atoms with E-state index >= 15 is 0 Å². The van der Waals surface area contributed by atoms with Crippen LogP contribution in [-0.2, 0) is 27.2 Å². The molecule has 1 aromatic heterocycles. The predicted octanol–water partition coefficient (Wildman–Crippen LogP) is 0.689. The maximum absolute atomic E-state index is 12.8. The number of piperazine rings is 1. The number of likely N-dealkylation sites (N-methyl/N-ethyl adjacent to an activating group) is 1. The van der Waals surface area contributed by atoms with Gasteiger partial charge >= 0.3 is 0 Å². The molecule has 1 amide bonds. The van der Waals surface area contributed by atoms with E-state index in [-0.39, 0.29) is 5.91 Å². The molecule has 0 saturated carbocycles. The molecular formula is C20H31N5O3. The number of rotatable bonds is 6. The molecule has 28 heavy (non-hydrogen) atoms. The minimum Gasteiger partial charge on any atom is -0.370 e. The first kappa shape index (κ1) is 19.6. The summed E-state index contributed by atoms with van der Waals surface area (Å²) in [6.07, 6.45) is 1.56. The molecule has 4 heterocycles. The van der Waals surface area contributed by atoms with Gasteiger partial charge in [0, 0.05) is 59.5 Å². The molecule has 3 aliphatic rings. The zero-order valence-corrected chi connectivity index (χ0v) is 17.1. The van der Waals surface area contributed by atoms with Crippen LogP contribution in [0.4, 0.5) is 5.82 Å². The second-order valence-corrected chi connectivity index (χ2v) is 8.03. The van der Waals surface area contributed by atoms with Crippen LogP contribution in [0.2, 0.25) is 0 Å². The fraction of sp³-hybridized carbons (Fsp3) is 0.700. The van der Waals surface area contributed by atoms with Gasteiger partial charge < -0.3 is 24.6 Å². The zero-order chi connectivity index (χ0) is 19.7. The lowest BCUT2D eigenvalue weighted by atomic mass is 10.0. The SMILES string of the molecule is COC(OC)c1nc2c(cc1CN1CCN(C3CN(C)C3)CC1=O)CCCN2. The number of hydrogen-bond acceptors (Lipinski definition) is 7. The number of likely N-dealkylation sites (tertiary alicyclic amines) is 1. The fourth-order valence-corrected chi connectivity index (χ4v) is 4.40. The highest BCUT2D eigenvalue weighted by molar-refractivity contribution is 5.79. The summed E-state index contributed by atoms with van der Waals surface area (Å²) in [5.74, 6) is 1.10. The molecule has 8 nitrogen and oxygen atoms in total. The van der Waals surface area contributed by atoms with E-state index in [0.717, 1.165) is 62.6 Å².